The van der Waals surface area contributed by atoms with Crippen molar-refractivity contribution < 1.29 is 28.8 Å². The quantitative estimate of drug-likeness (QED) is 0.310. The lowest BCUT2D eigenvalue weighted by atomic mass is 9.30. The largest absolute Gasteiger partial charge is 0.479 e. The molecule has 0 bridgehead atoms. The van der Waals surface area contributed by atoms with Gasteiger partial charge in [0, 0.05) is 5.41 Å². The van der Waals surface area contributed by atoms with Crippen molar-refractivity contribution in [1.82, 2.24) is 0 Å². The highest BCUT2D eigenvalue weighted by Crippen LogP contribution is 2.79. The molecule has 5 rings (SSSR count). The Balaban J connectivity index is 1.65. The number of carbonyl (C=O) groups is 1. The third-order valence-corrected chi connectivity index (χ3v) is 15.3. The summed E-state index contributed by atoms with van der Waals surface area (Å²) in [6.45, 7) is 18.9. The van der Waals surface area contributed by atoms with Gasteiger partial charge in [0.1, 0.15) is 0 Å². The molecular weight excluding hydrogens is 499 g/mol. The van der Waals surface area contributed by atoms with Crippen LogP contribution in [0.15, 0.2) is 0 Å². The molecule has 1 unspecified atom stereocenters. The van der Waals surface area contributed by atoms with E-state index in [1.165, 1.54) is 19.3 Å². The molecule has 11 atom stereocenters. The van der Waals surface area contributed by atoms with Gasteiger partial charge in [0.25, 0.3) is 0 Å². The fourth-order valence-corrected chi connectivity index (χ4v) is 13.1. The first kappa shape index (κ1) is 29.1. The van der Waals surface area contributed by atoms with Crippen molar-refractivity contribution in [2.24, 2.45) is 62.6 Å². The first-order valence-electron chi connectivity index (χ1n) is 15.3. The van der Waals surface area contributed by atoms with Gasteiger partial charge in [-0.25, -0.2) is 9.36 Å². The zero-order valence-corrected chi connectivity index (χ0v) is 25.9. The maximum absolute atomic E-state index is 13.2. The highest BCUT2D eigenvalue weighted by atomic mass is 31.2. The van der Waals surface area contributed by atoms with Crippen molar-refractivity contribution in [2.45, 2.75) is 125 Å². The lowest BCUT2D eigenvalue weighted by Gasteiger charge is -2.75. The van der Waals surface area contributed by atoms with Gasteiger partial charge in [-0.1, -0.05) is 55.4 Å². The van der Waals surface area contributed by atoms with E-state index in [0.717, 1.165) is 38.0 Å². The van der Waals surface area contributed by atoms with Crippen LogP contribution in [0.2, 0.25) is 0 Å². The number of fused-ring (bicyclic) bond motifs is 7. The van der Waals surface area contributed by atoms with Crippen molar-refractivity contribution in [2.75, 3.05) is 0 Å². The van der Waals surface area contributed by atoms with Gasteiger partial charge in [-0.2, -0.15) is 0 Å². The van der Waals surface area contributed by atoms with E-state index in [1.807, 2.05) is 6.92 Å². The van der Waals surface area contributed by atoms with Crippen LogP contribution >= 0.6 is 7.82 Å². The Morgan fingerprint density at radius 2 is 1.45 bits per heavy atom. The molecule has 7 heteroatoms. The van der Waals surface area contributed by atoms with Crippen LogP contribution in [0.25, 0.3) is 0 Å². The zero-order valence-electron chi connectivity index (χ0n) is 25.0. The average Bonchev–Trinajstić information content (AvgIpc) is 2.78. The SMILES string of the molecule is C[C@@H]1[C@H]2[C@H]3CC[C@@H]4[C@]5(C)[C@@H](CC[C@@]4(C)[C@]3(C)CC[C@@]2(C)CC[C@H]1C)C(C)(C)CCC5(OP(=O)(O)O)C(=O)O. The standard InChI is InChI=1S/C31H53O6P/c1-19-11-13-27(5)16-17-28(6)21(24(27)20(19)2)9-10-23-29(28,7)14-12-22-26(3,4)15-18-31(25(32)33,30(22,23)8)37-38(34,35)36/h19-24H,9-18H2,1-8H3,(H,32,33)(H2,34,35,36)/t19-,20+,21-,22+,23+,24+,27-,28-,29-,30+,31?/m1/s1. The summed E-state index contributed by atoms with van der Waals surface area (Å²) < 4.78 is 17.9. The molecule has 5 saturated carbocycles. The first-order valence-corrected chi connectivity index (χ1v) is 16.8. The molecule has 0 radical (unpaired) electrons. The van der Waals surface area contributed by atoms with Crippen molar-refractivity contribution in [3.8, 4) is 0 Å². The van der Waals surface area contributed by atoms with Gasteiger partial charge in [0.2, 0.25) is 0 Å². The Kier molecular flexibility index (Phi) is 6.55. The average molecular weight is 553 g/mol. The lowest BCUT2D eigenvalue weighted by Crippen LogP contribution is -2.73. The van der Waals surface area contributed by atoms with Gasteiger partial charge in [-0.05, 0) is 121 Å². The van der Waals surface area contributed by atoms with E-state index in [-0.39, 0.29) is 34.5 Å². The summed E-state index contributed by atoms with van der Waals surface area (Å²) in [7, 11) is -5.04. The van der Waals surface area contributed by atoms with Crippen LogP contribution in [0.4, 0.5) is 0 Å². The van der Waals surface area contributed by atoms with Gasteiger partial charge in [0.15, 0.2) is 5.60 Å². The van der Waals surface area contributed by atoms with E-state index >= 15 is 0 Å². The molecule has 3 N–H and O–H groups in total. The molecule has 0 aromatic rings. The molecule has 38 heavy (non-hydrogen) atoms. The molecule has 5 fully saturated rings. The second-order valence-corrected chi connectivity index (χ2v) is 17.4. The number of rotatable bonds is 3. The predicted molar refractivity (Wildman–Crippen MR) is 148 cm³/mol. The maximum Gasteiger partial charge on any atom is 0.470 e. The Labute approximate surface area is 230 Å². The molecule has 5 aliphatic rings. The fraction of sp³-hybridized carbons (Fsp3) is 0.968. The molecule has 0 spiro atoms. The summed E-state index contributed by atoms with van der Waals surface area (Å²) >= 11 is 0. The van der Waals surface area contributed by atoms with Crippen molar-refractivity contribution in [3.63, 3.8) is 0 Å². The zero-order chi connectivity index (χ0) is 28.3. The Hall–Kier alpha value is -0.420. The summed E-state index contributed by atoms with van der Waals surface area (Å²) in [5.41, 5.74) is -2.57. The van der Waals surface area contributed by atoms with Crippen LogP contribution in [0, 0.1) is 62.6 Å². The van der Waals surface area contributed by atoms with E-state index in [9.17, 15) is 24.3 Å². The van der Waals surface area contributed by atoms with Gasteiger partial charge in [-0.15, -0.1) is 0 Å². The molecule has 5 aliphatic carbocycles. The van der Waals surface area contributed by atoms with Gasteiger partial charge >= 0.3 is 13.8 Å². The molecule has 6 nitrogen and oxygen atoms in total. The minimum Gasteiger partial charge on any atom is -0.479 e. The topological polar surface area (TPSA) is 104 Å². The number of hydrogen-bond donors (Lipinski definition) is 3. The van der Waals surface area contributed by atoms with Crippen molar-refractivity contribution >= 4 is 13.8 Å². The molecular formula is C31H53O6P. The van der Waals surface area contributed by atoms with Crippen LogP contribution in [-0.4, -0.2) is 26.5 Å². The minimum absolute atomic E-state index is 0.0205. The van der Waals surface area contributed by atoms with Crippen LogP contribution in [0.3, 0.4) is 0 Å². The number of carboxylic acid groups (broad SMARTS) is 1. The summed E-state index contributed by atoms with van der Waals surface area (Å²) in [6.07, 6.45) is 9.62. The number of carboxylic acids is 1. The second kappa shape index (κ2) is 8.55. The van der Waals surface area contributed by atoms with E-state index in [0.29, 0.717) is 29.6 Å². The maximum atomic E-state index is 13.2. The highest BCUT2D eigenvalue weighted by Gasteiger charge is 2.76. The molecule has 0 heterocycles. The Morgan fingerprint density at radius 1 is 0.789 bits per heavy atom. The predicted octanol–water partition coefficient (Wildman–Crippen LogP) is 7.68. The van der Waals surface area contributed by atoms with E-state index < -0.39 is 24.8 Å². The number of phosphoric acid groups is 1. The molecule has 0 aromatic heterocycles. The second-order valence-electron chi connectivity index (χ2n) is 16.2. The number of hydrogen-bond acceptors (Lipinski definition) is 3. The van der Waals surface area contributed by atoms with E-state index in [1.54, 1.807) is 0 Å². The number of phosphoric ester groups is 1. The molecule has 0 aromatic carbocycles. The molecule has 0 aliphatic heterocycles. The Bertz CT molecular complexity index is 1040. The monoisotopic (exact) mass is 552 g/mol. The summed E-state index contributed by atoms with van der Waals surface area (Å²) in [6, 6.07) is 0. The third-order valence-electron chi connectivity index (χ3n) is 14.7. The Morgan fingerprint density at radius 3 is 2.05 bits per heavy atom. The smallest absolute Gasteiger partial charge is 0.470 e. The third kappa shape index (κ3) is 3.61. The summed E-state index contributed by atoms with van der Waals surface area (Å²) in [5, 5.41) is 10.8. The van der Waals surface area contributed by atoms with E-state index in [4.69, 9.17) is 4.52 Å². The summed E-state index contributed by atoms with van der Waals surface area (Å²) in [4.78, 5) is 33.3. The van der Waals surface area contributed by atoms with Crippen LogP contribution in [0.5, 0.6) is 0 Å². The van der Waals surface area contributed by atoms with Gasteiger partial charge < -0.3 is 14.9 Å². The summed E-state index contributed by atoms with van der Waals surface area (Å²) in [5.74, 6) is 1.52. The van der Waals surface area contributed by atoms with Crippen molar-refractivity contribution in [3.05, 3.63) is 0 Å². The minimum atomic E-state index is -5.04. The first-order chi connectivity index (χ1) is 17.3. The van der Waals surface area contributed by atoms with E-state index in [2.05, 4.69) is 48.5 Å². The molecule has 0 saturated heterocycles. The van der Waals surface area contributed by atoms with Gasteiger partial charge in [-0.3, -0.25) is 4.52 Å². The van der Waals surface area contributed by atoms with Crippen LogP contribution < -0.4 is 0 Å². The lowest BCUT2D eigenvalue weighted by molar-refractivity contribution is -0.287. The fourth-order valence-electron chi connectivity index (χ4n) is 12.4. The van der Waals surface area contributed by atoms with Crippen LogP contribution in [-0.2, 0) is 13.9 Å². The normalized spacial score (nSPS) is 54.2. The highest BCUT2D eigenvalue weighted by molar-refractivity contribution is 7.46. The number of aliphatic carboxylic acids is 1. The van der Waals surface area contributed by atoms with Crippen LogP contribution in [0.1, 0.15) is 120 Å². The van der Waals surface area contributed by atoms with Crippen molar-refractivity contribution in [1.29, 1.82) is 0 Å². The molecule has 218 valence electrons. The van der Waals surface area contributed by atoms with Gasteiger partial charge in [0.05, 0.1) is 0 Å². The molecule has 0 amide bonds.